The predicted molar refractivity (Wildman–Crippen MR) is 68.4 cm³/mol. The lowest BCUT2D eigenvalue weighted by Crippen LogP contribution is -1.97. The van der Waals surface area contributed by atoms with Gasteiger partial charge in [0.05, 0.1) is 0 Å². The number of fused-ring (bicyclic) bond motifs is 1. The van der Waals surface area contributed by atoms with Crippen LogP contribution in [0.25, 0.3) is 0 Å². The highest BCUT2D eigenvalue weighted by Crippen LogP contribution is 2.38. The lowest BCUT2D eigenvalue weighted by Gasteiger charge is -2.11. The van der Waals surface area contributed by atoms with Gasteiger partial charge >= 0.3 is 0 Å². The molecule has 0 spiro atoms. The summed E-state index contributed by atoms with van der Waals surface area (Å²) in [5, 5.41) is 0. The first kappa shape index (κ1) is 11.1. The predicted octanol–water partition coefficient (Wildman–Crippen LogP) is 3.85. The number of halogens is 1. The first-order valence-corrected chi connectivity index (χ1v) is 6.04. The number of aryl methyl sites for hydroxylation is 1. The molecule has 0 bridgehead atoms. The lowest BCUT2D eigenvalue weighted by molar-refractivity contribution is 0.0991. The van der Waals surface area contributed by atoms with Crippen molar-refractivity contribution in [2.45, 2.75) is 19.3 Å². The van der Waals surface area contributed by atoms with Crippen LogP contribution in [0.2, 0.25) is 0 Å². The number of carbonyl (C=O) groups excluding carboxylic acids is 1. The van der Waals surface area contributed by atoms with Crippen molar-refractivity contribution in [3.63, 3.8) is 0 Å². The van der Waals surface area contributed by atoms with Gasteiger partial charge in [0.1, 0.15) is 5.82 Å². The second-order valence-corrected chi connectivity index (χ2v) is 4.82. The van der Waals surface area contributed by atoms with Crippen LogP contribution in [-0.2, 0) is 0 Å². The molecule has 0 aliphatic heterocycles. The van der Waals surface area contributed by atoms with Gasteiger partial charge < -0.3 is 0 Å². The minimum absolute atomic E-state index is 0.0769. The molecule has 3 rings (SSSR count). The van der Waals surface area contributed by atoms with Crippen LogP contribution in [0.3, 0.4) is 0 Å². The van der Waals surface area contributed by atoms with Crippen LogP contribution >= 0.6 is 0 Å². The van der Waals surface area contributed by atoms with Gasteiger partial charge in [0, 0.05) is 17.9 Å². The zero-order valence-electron chi connectivity index (χ0n) is 10.1. The molecule has 1 atom stereocenters. The van der Waals surface area contributed by atoms with Crippen LogP contribution in [0.1, 0.15) is 39.4 Å². The normalized spacial score (nSPS) is 17.9. The van der Waals surface area contributed by atoms with E-state index in [1.165, 1.54) is 12.1 Å². The third-order valence-electron chi connectivity index (χ3n) is 3.54. The average Bonchev–Trinajstić information content (AvgIpc) is 2.67. The zero-order chi connectivity index (χ0) is 12.7. The summed E-state index contributed by atoms with van der Waals surface area (Å²) in [4.78, 5) is 12.0. The molecule has 0 saturated carbocycles. The fraction of sp³-hybridized carbons (Fsp3) is 0.188. The number of rotatable bonds is 1. The van der Waals surface area contributed by atoms with Crippen molar-refractivity contribution in [3.8, 4) is 0 Å². The average molecular weight is 240 g/mol. The number of hydrogen-bond acceptors (Lipinski definition) is 1. The SMILES string of the molecule is Cc1ccc2c(c1)[C@H](c1ccc(F)cc1)CC2=O. The van der Waals surface area contributed by atoms with E-state index in [9.17, 15) is 9.18 Å². The quantitative estimate of drug-likeness (QED) is 0.740. The van der Waals surface area contributed by atoms with E-state index in [-0.39, 0.29) is 17.5 Å². The van der Waals surface area contributed by atoms with Gasteiger partial charge in [-0.25, -0.2) is 4.39 Å². The van der Waals surface area contributed by atoms with Crippen molar-refractivity contribution >= 4 is 5.78 Å². The number of hydrogen-bond donors (Lipinski definition) is 0. The summed E-state index contributed by atoms with van der Waals surface area (Å²) < 4.78 is 12.9. The fourth-order valence-corrected chi connectivity index (χ4v) is 2.62. The molecule has 1 nitrogen and oxygen atoms in total. The molecule has 0 aromatic heterocycles. The van der Waals surface area contributed by atoms with E-state index < -0.39 is 0 Å². The van der Waals surface area contributed by atoms with Gasteiger partial charge in [-0.15, -0.1) is 0 Å². The second kappa shape index (κ2) is 4.05. The van der Waals surface area contributed by atoms with Crippen LogP contribution in [0, 0.1) is 12.7 Å². The van der Waals surface area contributed by atoms with Gasteiger partial charge in [-0.2, -0.15) is 0 Å². The summed E-state index contributed by atoms with van der Waals surface area (Å²) in [6.45, 7) is 2.02. The Bertz CT molecular complexity index is 613. The molecule has 2 aromatic carbocycles. The van der Waals surface area contributed by atoms with Crippen molar-refractivity contribution in [1.82, 2.24) is 0 Å². The van der Waals surface area contributed by atoms with Crippen molar-refractivity contribution in [3.05, 3.63) is 70.5 Å². The highest BCUT2D eigenvalue weighted by Gasteiger charge is 2.30. The smallest absolute Gasteiger partial charge is 0.164 e. The Morgan fingerprint density at radius 2 is 1.83 bits per heavy atom. The van der Waals surface area contributed by atoms with Gasteiger partial charge in [-0.1, -0.05) is 35.9 Å². The molecule has 0 unspecified atom stereocenters. The van der Waals surface area contributed by atoms with Crippen molar-refractivity contribution in [1.29, 1.82) is 0 Å². The van der Waals surface area contributed by atoms with E-state index in [0.717, 1.165) is 22.3 Å². The maximum Gasteiger partial charge on any atom is 0.164 e. The third-order valence-corrected chi connectivity index (χ3v) is 3.54. The van der Waals surface area contributed by atoms with E-state index in [4.69, 9.17) is 0 Å². The Balaban J connectivity index is 2.09. The molecule has 1 aliphatic rings. The summed E-state index contributed by atoms with van der Waals surface area (Å²) in [5.41, 5.74) is 4.05. The highest BCUT2D eigenvalue weighted by atomic mass is 19.1. The van der Waals surface area contributed by atoms with E-state index >= 15 is 0 Å². The Morgan fingerprint density at radius 1 is 1.11 bits per heavy atom. The van der Waals surface area contributed by atoms with Crippen LogP contribution in [-0.4, -0.2) is 5.78 Å². The van der Waals surface area contributed by atoms with Crippen LogP contribution < -0.4 is 0 Å². The fourth-order valence-electron chi connectivity index (χ4n) is 2.62. The Morgan fingerprint density at radius 3 is 2.56 bits per heavy atom. The van der Waals surface area contributed by atoms with Crippen LogP contribution in [0.5, 0.6) is 0 Å². The van der Waals surface area contributed by atoms with Gasteiger partial charge in [0.2, 0.25) is 0 Å². The maximum absolute atomic E-state index is 12.9. The zero-order valence-corrected chi connectivity index (χ0v) is 10.1. The number of carbonyl (C=O) groups is 1. The number of Topliss-reactive ketones (excluding diaryl/α,β-unsaturated/α-hetero) is 1. The third kappa shape index (κ3) is 1.74. The Kier molecular flexibility index (Phi) is 2.51. The number of ketones is 1. The lowest BCUT2D eigenvalue weighted by atomic mass is 9.92. The molecule has 18 heavy (non-hydrogen) atoms. The highest BCUT2D eigenvalue weighted by molar-refractivity contribution is 6.02. The van der Waals surface area contributed by atoms with Crippen LogP contribution in [0.4, 0.5) is 4.39 Å². The summed E-state index contributed by atoms with van der Waals surface area (Å²) in [5.74, 6) is 0.0138. The van der Waals surface area contributed by atoms with E-state index in [1.54, 1.807) is 12.1 Å². The molecule has 2 heteroatoms. The monoisotopic (exact) mass is 240 g/mol. The molecule has 0 radical (unpaired) electrons. The summed E-state index contributed by atoms with van der Waals surface area (Å²) in [6.07, 6.45) is 0.490. The van der Waals surface area contributed by atoms with Crippen LogP contribution in [0.15, 0.2) is 42.5 Å². The van der Waals surface area contributed by atoms with E-state index in [1.807, 2.05) is 19.1 Å². The van der Waals surface area contributed by atoms with E-state index in [0.29, 0.717) is 6.42 Å². The van der Waals surface area contributed by atoms with Crippen molar-refractivity contribution in [2.24, 2.45) is 0 Å². The minimum atomic E-state index is -0.243. The molecule has 0 heterocycles. The van der Waals surface area contributed by atoms with Gasteiger partial charge in [-0.3, -0.25) is 4.79 Å². The summed E-state index contributed by atoms with van der Waals surface area (Å²) in [7, 11) is 0. The topological polar surface area (TPSA) is 17.1 Å². The molecule has 0 N–H and O–H groups in total. The molecule has 2 aromatic rings. The standard InChI is InChI=1S/C16H13FO/c1-10-2-7-13-15(8-10)14(9-16(13)18)11-3-5-12(17)6-4-11/h2-8,14H,9H2,1H3/t14-/m0/s1. The van der Waals surface area contributed by atoms with E-state index in [2.05, 4.69) is 6.07 Å². The molecule has 0 fully saturated rings. The van der Waals surface area contributed by atoms with Gasteiger partial charge in [0.15, 0.2) is 5.78 Å². The largest absolute Gasteiger partial charge is 0.294 e. The molecule has 0 saturated heterocycles. The molecule has 0 amide bonds. The maximum atomic E-state index is 12.9. The molecular weight excluding hydrogens is 227 g/mol. The second-order valence-electron chi connectivity index (χ2n) is 4.82. The number of benzene rings is 2. The first-order valence-electron chi connectivity index (χ1n) is 6.04. The summed E-state index contributed by atoms with van der Waals surface area (Å²) in [6, 6.07) is 12.4. The van der Waals surface area contributed by atoms with Crippen molar-refractivity contribution in [2.75, 3.05) is 0 Å². The Hall–Kier alpha value is -1.96. The Labute approximate surface area is 105 Å². The minimum Gasteiger partial charge on any atom is -0.294 e. The van der Waals surface area contributed by atoms with Gasteiger partial charge in [-0.05, 0) is 30.2 Å². The van der Waals surface area contributed by atoms with Gasteiger partial charge in [0.25, 0.3) is 0 Å². The van der Waals surface area contributed by atoms with Crippen molar-refractivity contribution < 1.29 is 9.18 Å². The first-order chi connectivity index (χ1) is 8.65. The molecule has 90 valence electrons. The molecular formula is C16H13FO. The molecule has 1 aliphatic carbocycles. The summed E-state index contributed by atoms with van der Waals surface area (Å²) >= 11 is 0.